The van der Waals surface area contributed by atoms with Crippen LogP contribution >= 0.6 is 12.4 Å². The fourth-order valence-electron chi connectivity index (χ4n) is 3.17. The van der Waals surface area contributed by atoms with Gasteiger partial charge in [0.25, 0.3) is 0 Å². The molecule has 1 saturated heterocycles. The first kappa shape index (κ1) is 17.0. The topological polar surface area (TPSA) is 28.2 Å². The molecule has 3 nitrogen and oxygen atoms in total. The Bertz CT molecular complexity index is 587. The van der Waals surface area contributed by atoms with Crippen molar-refractivity contribution in [2.24, 2.45) is 0 Å². The number of nitrogens with zero attached hydrogens (tertiary/aromatic N) is 2. The number of pyridine rings is 1. The molecule has 1 fully saturated rings. The summed E-state index contributed by atoms with van der Waals surface area (Å²) in [6.45, 7) is 5.96. The molecule has 4 heteroatoms. The first-order valence-corrected chi connectivity index (χ1v) is 8.18. The molecule has 2 heterocycles. The number of unbranched alkanes of at least 4 members (excludes halogenated alkanes) is 1. The summed E-state index contributed by atoms with van der Waals surface area (Å²) in [6, 6.07) is 9.23. The van der Waals surface area contributed by atoms with Gasteiger partial charge in [-0.3, -0.25) is 4.98 Å². The van der Waals surface area contributed by atoms with Gasteiger partial charge in [-0.15, -0.1) is 12.4 Å². The van der Waals surface area contributed by atoms with E-state index in [4.69, 9.17) is 0 Å². The standard InChI is InChI=1S/C18H25N3.ClH/c1-2-3-10-21-11-4-5-18(14-21)20-17-7-6-16-13-19-9-8-15(16)12-17;/h6-9,12-13,18,20H,2-5,10-11,14H2,1H3;1H/t18-;/m1./s1. The zero-order valence-electron chi connectivity index (χ0n) is 13.3. The van der Waals surface area contributed by atoms with Crippen molar-refractivity contribution in [1.82, 2.24) is 9.88 Å². The smallest absolute Gasteiger partial charge is 0.0388 e. The molecule has 120 valence electrons. The molecule has 3 rings (SSSR count). The Kier molecular flexibility index (Phi) is 6.47. The first-order valence-electron chi connectivity index (χ1n) is 8.18. The molecule has 0 spiro atoms. The van der Waals surface area contributed by atoms with E-state index in [9.17, 15) is 0 Å². The summed E-state index contributed by atoms with van der Waals surface area (Å²) in [5, 5.41) is 6.18. The van der Waals surface area contributed by atoms with E-state index in [-0.39, 0.29) is 12.4 Å². The number of anilines is 1. The molecular formula is C18H26ClN3. The van der Waals surface area contributed by atoms with Crippen molar-refractivity contribution in [3.8, 4) is 0 Å². The molecule has 1 aliphatic heterocycles. The van der Waals surface area contributed by atoms with Gasteiger partial charge in [-0.05, 0) is 55.9 Å². The van der Waals surface area contributed by atoms with Crippen molar-refractivity contribution in [2.45, 2.75) is 38.6 Å². The second-order valence-electron chi connectivity index (χ2n) is 6.08. The zero-order chi connectivity index (χ0) is 14.5. The van der Waals surface area contributed by atoms with Crippen molar-refractivity contribution < 1.29 is 0 Å². The van der Waals surface area contributed by atoms with Gasteiger partial charge in [0.05, 0.1) is 0 Å². The number of hydrogen-bond donors (Lipinski definition) is 1. The van der Waals surface area contributed by atoms with Gasteiger partial charge in [-0.1, -0.05) is 19.4 Å². The lowest BCUT2D eigenvalue weighted by molar-refractivity contribution is 0.213. The molecular weight excluding hydrogens is 294 g/mol. The van der Waals surface area contributed by atoms with Gasteiger partial charge in [0.2, 0.25) is 0 Å². The quantitative estimate of drug-likeness (QED) is 0.889. The van der Waals surface area contributed by atoms with Crippen molar-refractivity contribution in [3.63, 3.8) is 0 Å². The predicted molar refractivity (Wildman–Crippen MR) is 97.0 cm³/mol. The van der Waals surface area contributed by atoms with Crippen LogP contribution in [-0.2, 0) is 0 Å². The molecule has 0 unspecified atom stereocenters. The monoisotopic (exact) mass is 319 g/mol. The number of nitrogens with one attached hydrogen (secondary N) is 1. The maximum absolute atomic E-state index is 4.17. The highest BCUT2D eigenvalue weighted by atomic mass is 35.5. The number of rotatable bonds is 5. The van der Waals surface area contributed by atoms with E-state index in [1.807, 2.05) is 12.4 Å². The van der Waals surface area contributed by atoms with Crippen LogP contribution in [0.2, 0.25) is 0 Å². The number of likely N-dealkylation sites (tertiary alicyclic amines) is 1. The first-order chi connectivity index (χ1) is 10.3. The summed E-state index contributed by atoms with van der Waals surface area (Å²) in [5.74, 6) is 0. The van der Waals surface area contributed by atoms with Gasteiger partial charge < -0.3 is 10.2 Å². The fraction of sp³-hybridized carbons (Fsp3) is 0.500. The minimum absolute atomic E-state index is 0. The van der Waals surface area contributed by atoms with Crippen LogP contribution in [0.15, 0.2) is 36.7 Å². The van der Waals surface area contributed by atoms with Gasteiger partial charge in [0.15, 0.2) is 0 Å². The van der Waals surface area contributed by atoms with Gasteiger partial charge in [0.1, 0.15) is 0 Å². The molecule has 0 saturated carbocycles. The van der Waals surface area contributed by atoms with Crippen LogP contribution in [0.3, 0.4) is 0 Å². The Labute approximate surface area is 139 Å². The summed E-state index contributed by atoms with van der Waals surface area (Å²) >= 11 is 0. The molecule has 0 aliphatic carbocycles. The third kappa shape index (κ3) is 4.34. The van der Waals surface area contributed by atoms with Gasteiger partial charge >= 0.3 is 0 Å². The van der Waals surface area contributed by atoms with Crippen molar-refractivity contribution in [3.05, 3.63) is 36.7 Å². The number of aromatic nitrogens is 1. The molecule has 1 N–H and O–H groups in total. The Balaban J connectivity index is 0.00000176. The van der Waals surface area contributed by atoms with Gasteiger partial charge in [-0.2, -0.15) is 0 Å². The molecule has 1 aliphatic rings. The van der Waals surface area contributed by atoms with Gasteiger partial charge in [-0.25, -0.2) is 0 Å². The highest BCUT2D eigenvalue weighted by Crippen LogP contribution is 2.21. The van der Waals surface area contributed by atoms with Gasteiger partial charge in [0, 0.05) is 36.1 Å². The summed E-state index contributed by atoms with van der Waals surface area (Å²) in [6.07, 6.45) is 8.96. The SMILES string of the molecule is CCCCN1CCC[C@@H](Nc2ccc3cnccc3c2)C1.Cl. The molecule has 1 atom stereocenters. The Morgan fingerprint density at radius 3 is 3.05 bits per heavy atom. The fourth-order valence-corrected chi connectivity index (χ4v) is 3.17. The van der Waals surface area contributed by atoms with E-state index in [0.717, 1.165) is 0 Å². The Morgan fingerprint density at radius 1 is 1.27 bits per heavy atom. The second-order valence-corrected chi connectivity index (χ2v) is 6.08. The summed E-state index contributed by atoms with van der Waals surface area (Å²) in [4.78, 5) is 6.78. The van der Waals surface area contributed by atoms with E-state index >= 15 is 0 Å². The number of fused-ring (bicyclic) bond motifs is 1. The molecule has 2 aromatic rings. The average molecular weight is 320 g/mol. The number of halogens is 1. The van der Waals surface area contributed by atoms with E-state index in [0.29, 0.717) is 6.04 Å². The van der Waals surface area contributed by atoms with E-state index in [1.54, 1.807) is 0 Å². The highest BCUT2D eigenvalue weighted by molar-refractivity contribution is 5.85. The van der Waals surface area contributed by atoms with E-state index in [2.05, 4.69) is 46.4 Å². The summed E-state index contributed by atoms with van der Waals surface area (Å²) in [5.41, 5.74) is 1.23. The van der Waals surface area contributed by atoms with Crippen molar-refractivity contribution in [2.75, 3.05) is 25.0 Å². The predicted octanol–water partition coefficient (Wildman–Crippen LogP) is 4.33. The van der Waals surface area contributed by atoms with Crippen LogP contribution in [0.5, 0.6) is 0 Å². The number of benzene rings is 1. The lowest BCUT2D eigenvalue weighted by Gasteiger charge is -2.33. The molecule has 0 radical (unpaired) electrons. The minimum Gasteiger partial charge on any atom is -0.381 e. The third-order valence-electron chi connectivity index (χ3n) is 4.34. The maximum atomic E-state index is 4.17. The van der Waals surface area contributed by atoms with Crippen LogP contribution in [-0.4, -0.2) is 35.6 Å². The Hall–Kier alpha value is -1.32. The third-order valence-corrected chi connectivity index (χ3v) is 4.34. The summed E-state index contributed by atoms with van der Waals surface area (Å²) in [7, 11) is 0. The Morgan fingerprint density at radius 2 is 2.18 bits per heavy atom. The van der Waals surface area contributed by atoms with Crippen LogP contribution in [0.25, 0.3) is 10.8 Å². The summed E-state index contributed by atoms with van der Waals surface area (Å²) < 4.78 is 0. The largest absolute Gasteiger partial charge is 0.381 e. The minimum atomic E-state index is 0. The maximum Gasteiger partial charge on any atom is 0.0388 e. The normalized spacial score (nSPS) is 18.9. The lowest BCUT2D eigenvalue weighted by Crippen LogP contribution is -2.42. The average Bonchev–Trinajstić information content (AvgIpc) is 2.53. The van der Waals surface area contributed by atoms with Crippen LogP contribution in [0.4, 0.5) is 5.69 Å². The molecule has 22 heavy (non-hydrogen) atoms. The van der Waals surface area contributed by atoms with E-state index in [1.165, 1.54) is 61.8 Å². The molecule has 0 amide bonds. The van der Waals surface area contributed by atoms with Crippen molar-refractivity contribution in [1.29, 1.82) is 0 Å². The second kappa shape index (κ2) is 8.35. The van der Waals surface area contributed by atoms with Crippen LogP contribution in [0.1, 0.15) is 32.6 Å². The van der Waals surface area contributed by atoms with Crippen LogP contribution < -0.4 is 5.32 Å². The zero-order valence-corrected chi connectivity index (χ0v) is 14.1. The number of hydrogen-bond acceptors (Lipinski definition) is 3. The number of piperidine rings is 1. The van der Waals surface area contributed by atoms with Crippen molar-refractivity contribution >= 4 is 28.9 Å². The highest BCUT2D eigenvalue weighted by Gasteiger charge is 2.19. The lowest BCUT2D eigenvalue weighted by atomic mass is 10.0. The molecule has 0 bridgehead atoms. The van der Waals surface area contributed by atoms with E-state index < -0.39 is 0 Å². The van der Waals surface area contributed by atoms with Crippen LogP contribution in [0, 0.1) is 0 Å². The molecule has 1 aromatic carbocycles. The molecule has 1 aromatic heterocycles.